The van der Waals surface area contributed by atoms with Gasteiger partial charge in [0, 0.05) is 5.41 Å². The van der Waals surface area contributed by atoms with Gasteiger partial charge in [-0.1, -0.05) is 20.8 Å². The van der Waals surface area contributed by atoms with Gasteiger partial charge in [-0.3, -0.25) is 9.59 Å². The summed E-state index contributed by atoms with van der Waals surface area (Å²) in [5.41, 5.74) is 2.50. The molecule has 23 heavy (non-hydrogen) atoms. The third kappa shape index (κ3) is 3.00. The van der Waals surface area contributed by atoms with Crippen molar-refractivity contribution in [1.29, 1.82) is 0 Å². The van der Waals surface area contributed by atoms with Crippen LogP contribution in [-0.4, -0.2) is 30.6 Å². The summed E-state index contributed by atoms with van der Waals surface area (Å²) in [5.74, 6) is -0.244. The van der Waals surface area contributed by atoms with E-state index in [1.54, 1.807) is 5.51 Å². The molecule has 120 valence electrons. The van der Waals surface area contributed by atoms with Crippen LogP contribution in [-0.2, 0) is 16.8 Å². The second-order valence-electron chi connectivity index (χ2n) is 6.10. The van der Waals surface area contributed by atoms with Gasteiger partial charge in [-0.25, -0.2) is 14.6 Å². The molecule has 0 aliphatic carbocycles. The molecule has 0 aromatic carbocycles. The number of aromatic amines is 1. The average Bonchev–Trinajstić information content (AvgIpc) is 3.07. The van der Waals surface area contributed by atoms with Crippen molar-refractivity contribution < 1.29 is 4.79 Å². The summed E-state index contributed by atoms with van der Waals surface area (Å²) >= 11 is 1.38. The van der Waals surface area contributed by atoms with Gasteiger partial charge in [-0.05, 0) is 0 Å². The highest BCUT2D eigenvalue weighted by atomic mass is 32.1. The number of anilines is 1. The monoisotopic (exact) mass is 332 g/mol. The Labute approximate surface area is 135 Å². The zero-order chi connectivity index (χ0) is 16.6. The van der Waals surface area contributed by atoms with Gasteiger partial charge in [0.1, 0.15) is 16.9 Å². The van der Waals surface area contributed by atoms with Gasteiger partial charge in [-0.15, -0.1) is 11.3 Å². The van der Waals surface area contributed by atoms with Crippen LogP contribution in [0.15, 0.2) is 22.8 Å². The topological polar surface area (TPSA) is 106 Å². The van der Waals surface area contributed by atoms with E-state index in [0.29, 0.717) is 11.0 Å². The Kier molecular flexibility index (Phi) is 3.72. The van der Waals surface area contributed by atoms with Crippen molar-refractivity contribution in [2.24, 2.45) is 0 Å². The predicted octanol–water partition coefficient (Wildman–Crippen LogP) is 1.51. The number of rotatable bonds is 3. The lowest BCUT2D eigenvalue weighted by Gasteiger charge is -2.17. The number of thiazole rings is 1. The maximum atomic E-state index is 12.3. The fourth-order valence-electron chi connectivity index (χ4n) is 2.19. The highest BCUT2D eigenvalue weighted by Crippen LogP contribution is 2.31. The smallest absolute Gasteiger partial charge is 0.261 e. The van der Waals surface area contributed by atoms with E-state index in [1.807, 2.05) is 20.8 Å². The second kappa shape index (κ2) is 5.58. The predicted molar refractivity (Wildman–Crippen MR) is 87.6 cm³/mol. The lowest BCUT2D eigenvalue weighted by atomic mass is 9.92. The molecule has 0 spiro atoms. The molecule has 0 aliphatic heterocycles. The normalized spacial score (nSPS) is 11.8. The molecule has 0 saturated carbocycles. The van der Waals surface area contributed by atoms with Gasteiger partial charge in [-0.2, -0.15) is 5.10 Å². The number of nitrogens with one attached hydrogen (secondary N) is 2. The fourth-order valence-corrected chi connectivity index (χ4v) is 3.10. The molecule has 8 nitrogen and oxygen atoms in total. The molecule has 0 atom stereocenters. The number of H-pyrrole nitrogens is 1. The first-order valence-corrected chi connectivity index (χ1v) is 7.87. The Morgan fingerprint density at radius 2 is 2.17 bits per heavy atom. The van der Waals surface area contributed by atoms with E-state index >= 15 is 0 Å². The summed E-state index contributed by atoms with van der Waals surface area (Å²) in [7, 11) is 0. The van der Waals surface area contributed by atoms with Gasteiger partial charge in [0.2, 0.25) is 5.91 Å². The summed E-state index contributed by atoms with van der Waals surface area (Å²) in [5, 5.41) is 8.00. The van der Waals surface area contributed by atoms with Crippen molar-refractivity contribution in [2.75, 3.05) is 5.32 Å². The number of carbonyl (C=O) groups is 1. The Morgan fingerprint density at radius 3 is 2.91 bits per heavy atom. The van der Waals surface area contributed by atoms with E-state index in [4.69, 9.17) is 0 Å². The molecule has 2 N–H and O–H groups in total. The molecule has 3 rings (SSSR count). The van der Waals surface area contributed by atoms with E-state index in [-0.39, 0.29) is 23.4 Å². The summed E-state index contributed by atoms with van der Waals surface area (Å²) in [6.07, 6.45) is 2.70. The van der Waals surface area contributed by atoms with Crippen molar-refractivity contribution >= 4 is 33.3 Å². The van der Waals surface area contributed by atoms with Gasteiger partial charge in [0.25, 0.3) is 5.56 Å². The SMILES string of the molecule is CC(C)(C)c1ncsc1NC(=O)Cn1ncc2c(=O)[nH]cnc21. The van der Waals surface area contributed by atoms with Gasteiger partial charge >= 0.3 is 0 Å². The number of amides is 1. The van der Waals surface area contributed by atoms with Gasteiger partial charge < -0.3 is 10.3 Å². The van der Waals surface area contributed by atoms with Crippen molar-refractivity contribution in [3.8, 4) is 0 Å². The molecule has 0 aliphatic rings. The minimum atomic E-state index is -0.279. The van der Waals surface area contributed by atoms with Crippen LogP contribution in [0, 0.1) is 0 Å². The Morgan fingerprint density at radius 1 is 1.39 bits per heavy atom. The van der Waals surface area contributed by atoms with E-state index in [0.717, 1.165) is 10.7 Å². The fraction of sp³-hybridized carbons (Fsp3) is 0.357. The van der Waals surface area contributed by atoms with Crippen LogP contribution in [0.3, 0.4) is 0 Å². The van der Waals surface area contributed by atoms with Crippen LogP contribution < -0.4 is 10.9 Å². The molecular formula is C14H16N6O2S. The highest BCUT2D eigenvalue weighted by molar-refractivity contribution is 7.14. The number of nitrogens with zero attached hydrogens (tertiary/aromatic N) is 4. The Balaban J connectivity index is 1.81. The average molecular weight is 332 g/mol. The van der Waals surface area contributed by atoms with E-state index in [9.17, 15) is 9.59 Å². The standard InChI is InChI=1S/C14H16N6O2S/c1-14(2,3)10-13(23-7-17-10)19-9(21)5-20-11-8(4-18-20)12(22)16-6-15-11/h4,6-7H,5H2,1-3H3,(H,19,21)(H,15,16,22). The first-order chi connectivity index (χ1) is 10.9. The molecular weight excluding hydrogens is 316 g/mol. The minimum absolute atomic E-state index is 0.0264. The highest BCUT2D eigenvalue weighted by Gasteiger charge is 2.22. The molecule has 0 bridgehead atoms. The zero-order valence-corrected chi connectivity index (χ0v) is 13.8. The van der Waals surface area contributed by atoms with Crippen molar-refractivity contribution in [3.05, 3.63) is 34.1 Å². The minimum Gasteiger partial charge on any atom is -0.315 e. The summed E-state index contributed by atoms with van der Waals surface area (Å²) in [6, 6.07) is 0. The van der Waals surface area contributed by atoms with Crippen molar-refractivity contribution in [3.63, 3.8) is 0 Å². The molecule has 0 unspecified atom stereocenters. The quantitative estimate of drug-likeness (QED) is 0.756. The van der Waals surface area contributed by atoms with Crippen molar-refractivity contribution in [1.82, 2.24) is 24.7 Å². The lowest BCUT2D eigenvalue weighted by Crippen LogP contribution is -2.22. The largest absolute Gasteiger partial charge is 0.315 e. The summed E-state index contributed by atoms with van der Waals surface area (Å²) in [6.45, 7) is 6.08. The molecule has 3 aromatic rings. The molecule has 1 amide bonds. The molecule has 3 heterocycles. The molecule has 3 aromatic heterocycles. The van der Waals surface area contributed by atoms with Gasteiger partial charge in [0.05, 0.1) is 23.7 Å². The summed E-state index contributed by atoms with van der Waals surface area (Å²) < 4.78 is 1.40. The molecule has 0 saturated heterocycles. The zero-order valence-electron chi connectivity index (χ0n) is 13.0. The maximum absolute atomic E-state index is 12.3. The van der Waals surface area contributed by atoms with Crippen LogP contribution in [0.5, 0.6) is 0 Å². The number of hydrogen-bond acceptors (Lipinski definition) is 6. The Bertz CT molecular complexity index is 917. The van der Waals surface area contributed by atoms with Gasteiger partial charge in [0.15, 0.2) is 5.65 Å². The first kappa shape index (κ1) is 15.3. The number of carbonyl (C=O) groups excluding carboxylic acids is 1. The van der Waals surface area contributed by atoms with Crippen LogP contribution in [0.4, 0.5) is 5.00 Å². The van der Waals surface area contributed by atoms with Crippen LogP contribution >= 0.6 is 11.3 Å². The number of hydrogen-bond donors (Lipinski definition) is 2. The molecule has 0 radical (unpaired) electrons. The third-order valence-corrected chi connectivity index (χ3v) is 4.00. The maximum Gasteiger partial charge on any atom is 0.261 e. The second-order valence-corrected chi connectivity index (χ2v) is 6.95. The third-order valence-electron chi connectivity index (χ3n) is 3.26. The summed E-state index contributed by atoms with van der Waals surface area (Å²) in [4.78, 5) is 34.8. The number of aromatic nitrogens is 5. The van der Waals surface area contributed by atoms with E-state index < -0.39 is 0 Å². The lowest BCUT2D eigenvalue weighted by molar-refractivity contribution is -0.116. The van der Waals surface area contributed by atoms with Crippen LogP contribution in [0.25, 0.3) is 11.0 Å². The van der Waals surface area contributed by atoms with E-state index in [1.165, 1.54) is 28.5 Å². The first-order valence-electron chi connectivity index (χ1n) is 6.99. The molecule has 9 heteroatoms. The number of fused-ring (bicyclic) bond motifs is 1. The molecule has 0 fully saturated rings. The van der Waals surface area contributed by atoms with Crippen molar-refractivity contribution in [2.45, 2.75) is 32.7 Å². The van der Waals surface area contributed by atoms with Crippen LogP contribution in [0.2, 0.25) is 0 Å². The van der Waals surface area contributed by atoms with E-state index in [2.05, 4.69) is 25.4 Å². The Hall–Kier alpha value is -2.55. The van der Waals surface area contributed by atoms with Crippen LogP contribution in [0.1, 0.15) is 26.5 Å².